The molecule has 0 atom stereocenters. The molecular formula is C17H17N5O3. The number of rotatable bonds is 7. The second-order valence-corrected chi connectivity index (χ2v) is 5.03. The zero-order chi connectivity index (χ0) is 17.5. The lowest BCUT2D eigenvalue weighted by Gasteiger charge is -2.12. The van der Waals surface area contributed by atoms with Crippen LogP contribution in [0.5, 0.6) is 11.5 Å². The molecule has 0 fully saturated rings. The van der Waals surface area contributed by atoms with Gasteiger partial charge in [-0.15, -0.1) is 5.10 Å². The minimum atomic E-state index is -0.227. The second kappa shape index (κ2) is 7.91. The molecule has 0 saturated heterocycles. The minimum absolute atomic E-state index is 0.227. The molecule has 1 amide bonds. The summed E-state index contributed by atoms with van der Waals surface area (Å²) in [7, 11) is 1.58. The van der Waals surface area contributed by atoms with Crippen LogP contribution in [0.4, 0.5) is 0 Å². The van der Waals surface area contributed by atoms with Crippen molar-refractivity contribution in [3.63, 3.8) is 0 Å². The number of methoxy groups -OCH3 is 1. The normalized spacial score (nSPS) is 10.3. The Kier molecular flexibility index (Phi) is 5.20. The van der Waals surface area contributed by atoms with Gasteiger partial charge in [-0.1, -0.05) is 24.3 Å². The molecule has 1 heterocycles. The van der Waals surface area contributed by atoms with Gasteiger partial charge in [-0.25, -0.2) is 0 Å². The van der Waals surface area contributed by atoms with Crippen LogP contribution in [0.25, 0.3) is 5.69 Å². The van der Waals surface area contributed by atoms with Gasteiger partial charge in [-0.05, 0) is 34.7 Å². The molecule has 1 N–H and O–H groups in total. The van der Waals surface area contributed by atoms with Gasteiger partial charge in [0.1, 0.15) is 12.9 Å². The fraction of sp³-hybridized carbons (Fsp3) is 0.176. The summed E-state index contributed by atoms with van der Waals surface area (Å²) >= 11 is 0. The fourth-order valence-electron chi connectivity index (χ4n) is 2.30. The maximum atomic E-state index is 12.4. The van der Waals surface area contributed by atoms with Crippen molar-refractivity contribution >= 4 is 5.91 Å². The van der Waals surface area contributed by atoms with E-state index in [1.165, 1.54) is 11.0 Å². The van der Waals surface area contributed by atoms with Gasteiger partial charge in [0, 0.05) is 0 Å². The molecule has 3 rings (SSSR count). The molecule has 3 aromatic rings. The summed E-state index contributed by atoms with van der Waals surface area (Å²) in [6.07, 6.45) is 1.44. The number of amides is 1. The summed E-state index contributed by atoms with van der Waals surface area (Å²) in [6, 6.07) is 14.4. The smallest absolute Gasteiger partial charge is 0.253 e. The van der Waals surface area contributed by atoms with Crippen molar-refractivity contribution in [1.82, 2.24) is 25.5 Å². The summed E-state index contributed by atoms with van der Waals surface area (Å²) in [6.45, 7) is 0.667. The van der Waals surface area contributed by atoms with Crippen LogP contribution in [-0.2, 0) is 0 Å². The molecule has 0 aliphatic rings. The van der Waals surface area contributed by atoms with Crippen molar-refractivity contribution < 1.29 is 14.3 Å². The van der Waals surface area contributed by atoms with Crippen LogP contribution in [0.3, 0.4) is 0 Å². The third-order valence-electron chi connectivity index (χ3n) is 3.46. The Morgan fingerprint density at radius 3 is 2.64 bits per heavy atom. The molecule has 1 aromatic heterocycles. The number of nitrogens with one attached hydrogen (secondary N) is 1. The largest absolute Gasteiger partial charge is 0.493 e. The standard InChI is InChI=1S/C17H17N5O3/c1-24-15-8-4-5-9-16(15)25-11-10-18-17(23)13-6-2-3-7-14(13)22-12-19-20-21-22/h2-9,12H,10-11H2,1H3,(H,18,23). The second-order valence-electron chi connectivity index (χ2n) is 5.03. The van der Waals surface area contributed by atoms with E-state index < -0.39 is 0 Å². The van der Waals surface area contributed by atoms with Crippen molar-refractivity contribution in [1.29, 1.82) is 0 Å². The molecule has 8 heteroatoms. The summed E-state index contributed by atoms with van der Waals surface area (Å²) < 4.78 is 12.3. The molecule has 0 radical (unpaired) electrons. The first kappa shape index (κ1) is 16.4. The molecule has 0 unspecified atom stereocenters. The highest BCUT2D eigenvalue weighted by molar-refractivity contribution is 5.97. The van der Waals surface area contributed by atoms with E-state index in [4.69, 9.17) is 9.47 Å². The number of hydrogen-bond donors (Lipinski definition) is 1. The number of aromatic nitrogens is 4. The van der Waals surface area contributed by atoms with Crippen LogP contribution in [0.15, 0.2) is 54.9 Å². The topological polar surface area (TPSA) is 91.2 Å². The van der Waals surface area contributed by atoms with Crippen molar-refractivity contribution in [2.45, 2.75) is 0 Å². The van der Waals surface area contributed by atoms with E-state index in [0.717, 1.165) is 0 Å². The molecule has 0 bridgehead atoms. The first-order valence-electron chi connectivity index (χ1n) is 7.66. The molecule has 0 aliphatic heterocycles. The van der Waals surface area contributed by atoms with Gasteiger partial charge in [0.15, 0.2) is 11.5 Å². The number of hydrogen-bond acceptors (Lipinski definition) is 6. The van der Waals surface area contributed by atoms with Gasteiger partial charge in [0.25, 0.3) is 5.91 Å². The number of ether oxygens (including phenoxy) is 2. The lowest BCUT2D eigenvalue weighted by atomic mass is 10.1. The lowest BCUT2D eigenvalue weighted by Crippen LogP contribution is -2.29. The molecule has 0 aliphatic carbocycles. The number of tetrazole rings is 1. The first-order chi connectivity index (χ1) is 12.3. The first-order valence-corrected chi connectivity index (χ1v) is 7.66. The van der Waals surface area contributed by atoms with Gasteiger partial charge in [0.2, 0.25) is 0 Å². The third-order valence-corrected chi connectivity index (χ3v) is 3.46. The van der Waals surface area contributed by atoms with Crippen LogP contribution in [-0.4, -0.2) is 46.4 Å². The predicted octanol–water partition coefficient (Wildman–Crippen LogP) is 1.48. The summed E-state index contributed by atoms with van der Waals surface area (Å²) in [4.78, 5) is 12.4. The molecule has 25 heavy (non-hydrogen) atoms. The number of carbonyl (C=O) groups is 1. The van der Waals surface area contributed by atoms with Crippen molar-refractivity contribution in [3.8, 4) is 17.2 Å². The Hall–Kier alpha value is -3.42. The van der Waals surface area contributed by atoms with Gasteiger partial charge in [-0.3, -0.25) is 4.79 Å². The molecule has 128 valence electrons. The van der Waals surface area contributed by atoms with Crippen LogP contribution >= 0.6 is 0 Å². The zero-order valence-electron chi connectivity index (χ0n) is 13.6. The minimum Gasteiger partial charge on any atom is -0.493 e. The van der Waals surface area contributed by atoms with Gasteiger partial charge >= 0.3 is 0 Å². The average Bonchev–Trinajstić information content (AvgIpc) is 3.20. The highest BCUT2D eigenvalue weighted by atomic mass is 16.5. The van der Waals surface area contributed by atoms with E-state index in [0.29, 0.717) is 35.9 Å². The average molecular weight is 339 g/mol. The molecule has 8 nitrogen and oxygen atoms in total. The Bertz CT molecular complexity index is 836. The molecule has 0 saturated carbocycles. The molecular weight excluding hydrogens is 322 g/mol. The fourth-order valence-corrected chi connectivity index (χ4v) is 2.30. The van der Waals surface area contributed by atoms with E-state index in [1.54, 1.807) is 25.3 Å². The molecule has 0 spiro atoms. The predicted molar refractivity (Wildman–Crippen MR) is 90.0 cm³/mol. The van der Waals surface area contributed by atoms with E-state index in [-0.39, 0.29) is 5.91 Å². The van der Waals surface area contributed by atoms with Crippen LogP contribution in [0.2, 0.25) is 0 Å². The monoisotopic (exact) mass is 339 g/mol. The van der Waals surface area contributed by atoms with Crippen molar-refractivity contribution in [3.05, 3.63) is 60.4 Å². The molecule has 2 aromatic carbocycles. The summed E-state index contributed by atoms with van der Waals surface area (Å²) in [5.41, 5.74) is 1.09. The summed E-state index contributed by atoms with van der Waals surface area (Å²) in [5, 5.41) is 13.8. The summed E-state index contributed by atoms with van der Waals surface area (Å²) in [5.74, 6) is 1.06. The van der Waals surface area contributed by atoms with Gasteiger partial charge in [-0.2, -0.15) is 4.68 Å². The van der Waals surface area contributed by atoms with Gasteiger partial charge in [0.05, 0.1) is 24.9 Å². The SMILES string of the molecule is COc1ccccc1OCCNC(=O)c1ccccc1-n1cnnn1. The Morgan fingerprint density at radius 2 is 1.88 bits per heavy atom. The van der Waals surface area contributed by atoms with Crippen LogP contribution < -0.4 is 14.8 Å². The lowest BCUT2D eigenvalue weighted by molar-refractivity contribution is 0.0946. The number of benzene rings is 2. The Balaban J connectivity index is 1.59. The van der Waals surface area contributed by atoms with Crippen molar-refractivity contribution in [2.24, 2.45) is 0 Å². The Morgan fingerprint density at radius 1 is 1.12 bits per heavy atom. The van der Waals surface area contributed by atoms with Crippen LogP contribution in [0, 0.1) is 0 Å². The van der Waals surface area contributed by atoms with E-state index in [1.807, 2.05) is 30.3 Å². The number of nitrogens with zero attached hydrogens (tertiary/aromatic N) is 4. The number of para-hydroxylation sites is 3. The van der Waals surface area contributed by atoms with Crippen LogP contribution in [0.1, 0.15) is 10.4 Å². The van der Waals surface area contributed by atoms with E-state index in [2.05, 4.69) is 20.8 Å². The van der Waals surface area contributed by atoms with E-state index >= 15 is 0 Å². The third kappa shape index (κ3) is 3.92. The van der Waals surface area contributed by atoms with Crippen molar-refractivity contribution in [2.75, 3.05) is 20.3 Å². The maximum Gasteiger partial charge on any atom is 0.253 e. The Labute approximate surface area is 144 Å². The van der Waals surface area contributed by atoms with E-state index in [9.17, 15) is 4.79 Å². The highest BCUT2D eigenvalue weighted by Crippen LogP contribution is 2.25. The zero-order valence-corrected chi connectivity index (χ0v) is 13.6. The quantitative estimate of drug-likeness (QED) is 0.656. The number of carbonyl (C=O) groups excluding carboxylic acids is 1. The maximum absolute atomic E-state index is 12.4. The van der Waals surface area contributed by atoms with Gasteiger partial charge < -0.3 is 14.8 Å². The highest BCUT2D eigenvalue weighted by Gasteiger charge is 2.12.